The zero-order valence-electron chi connectivity index (χ0n) is 18.8. The minimum atomic E-state index is -1.10. The molecular weight excluding hydrogens is 412 g/mol. The highest BCUT2D eigenvalue weighted by atomic mass is 17.2. The molecule has 0 spiro atoms. The second-order valence-corrected chi connectivity index (χ2v) is 7.75. The normalized spacial score (nSPS) is 12.4. The van der Waals surface area contributed by atoms with Crippen LogP contribution in [-0.2, 0) is 19.9 Å². The molecule has 0 aliphatic rings. The Morgan fingerprint density at radius 2 is 1.53 bits per heavy atom. The van der Waals surface area contributed by atoms with Gasteiger partial charge in [0.1, 0.15) is 12.0 Å². The maximum atomic E-state index is 11.4. The Hall–Kier alpha value is -3.58. The van der Waals surface area contributed by atoms with E-state index in [-0.39, 0.29) is 11.1 Å². The van der Waals surface area contributed by atoms with Gasteiger partial charge in [-0.1, -0.05) is 32.0 Å². The number of carbonyl (C=O) groups is 2. The average molecular weight is 440 g/mol. The van der Waals surface area contributed by atoms with Crippen molar-refractivity contribution in [2.24, 2.45) is 0 Å². The van der Waals surface area contributed by atoms with Crippen molar-refractivity contribution in [3.8, 4) is 11.5 Å². The third-order valence-corrected chi connectivity index (χ3v) is 4.99. The maximum absolute atomic E-state index is 11.4. The lowest BCUT2D eigenvalue weighted by atomic mass is 9.77. The largest absolute Gasteiger partial charge is 0.478 e. The van der Waals surface area contributed by atoms with E-state index in [1.807, 2.05) is 57.2 Å². The van der Waals surface area contributed by atoms with Crippen LogP contribution in [0.15, 0.2) is 59.9 Å². The highest BCUT2D eigenvalue weighted by molar-refractivity contribution is 5.92. The number of aliphatic carboxylic acids is 2. The summed E-state index contributed by atoms with van der Waals surface area (Å²) in [6.07, 6.45) is 2.63. The molecule has 0 bridgehead atoms. The lowest BCUT2D eigenvalue weighted by Gasteiger charge is -2.27. The van der Waals surface area contributed by atoms with Crippen LogP contribution in [-0.4, -0.2) is 28.8 Å². The van der Waals surface area contributed by atoms with E-state index in [0.29, 0.717) is 23.7 Å². The van der Waals surface area contributed by atoms with E-state index < -0.39 is 17.4 Å². The summed E-state index contributed by atoms with van der Waals surface area (Å²) >= 11 is 0. The minimum absolute atomic E-state index is 0.0219. The van der Waals surface area contributed by atoms with Gasteiger partial charge in [0.2, 0.25) is 0 Å². The quantitative estimate of drug-likeness (QED) is 0.227. The Bertz CT molecular complexity index is 1030. The third-order valence-electron chi connectivity index (χ3n) is 4.99. The molecule has 0 fully saturated rings. The van der Waals surface area contributed by atoms with Crippen molar-refractivity contribution < 1.29 is 34.3 Å². The highest BCUT2D eigenvalue weighted by Crippen LogP contribution is 2.35. The fraction of sp³-hybridized carbons (Fsp3) is 0.280. The van der Waals surface area contributed by atoms with E-state index in [4.69, 9.17) is 19.6 Å². The maximum Gasteiger partial charge on any atom is 0.334 e. The summed E-state index contributed by atoms with van der Waals surface area (Å²) in [6.45, 7) is 9.27. The Morgan fingerprint density at radius 3 is 2.09 bits per heavy atom. The molecule has 0 atom stereocenters. The Balaban J connectivity index is 2.46. The summed E-state index contributed by atoms with van der Waals surface area (Å²) in [5.74, 6) is -1.20. The molecule has 0 radical (unpaired) electrons. The smallest absolute Gasteiger partial charge is 0.334 e. The van der Waals surface area contributed by atoms with Crippen molar-refractivity contribution in [2.45, 2.75) is 40.0 Å². The van der Waals surface area contributed by atoms with Crippen molar-refractivity contribution in [3.63, 3.8) is 0 Å². The molecule has 2 rings (SSSR count). The van der Waals surface area contributed by atoms with Gasteiger partial charge >= 0.3 is 11.9 Å². The molecule has 0 amide bonds. The number of ether oxygens (including phenoxy) is 1. The van der Waals surface area contributed by atoms with E-state index in [2.05, 4.69) is 0 Å². The molecule has 2 aromatic rings. The predicted molar refractivity (Wildman–Crippen MR) is 121 cm³/mol. The molecule has 7 heteroatoms. The van der Waals surface area contributed by atoms with Gasteiger partial charge in [0, 0.05) is 16.6 Å². The molecule has 0 saturated heterocycles. The molecule has 2 N–H and O–H groups in total. The first-order valence-corrected chi connectivity index (χ1v) is 10.1. The number of hydrogen-bond donors (Lipinski definition) is 2. The van der Waals surface area contributed by atoms with Gasteiger partial charge in [0.25, 0.3) is 0 Å². The van der Waals surface area contributed by atoms with Crippen LogP contribution in [0.25, 0.3) is 6.08 Å². The standard InChI is InChI=1S/C25H28O7/c1-6-31-32-21-10-7-19(8-11-21)25(4,5)20-9-12-22(30-15-17(3)24(28)29)18(14-20)13-16(2)23(26)27/h7-15H,6H2,1-5H3,(H,26,27)(H,28,29). The SMILES string of the molecule is CCOOc1ccc(C(C)(C)c2ccc(OC=C(C)C(=O)O)c(C=C(C)C(=O)O)c2)cc1. The molecule has 2 aromatic carbocycles. The first-order chi connectivity index (χ1) is 15.1. The number of rotatable bonds is 10. The van der Waals surface area contributed by atoms with Crippen LogP contribution < -0.4 is 9.62 Å². The number of benzene rings is 2. The minimum Gasteiger partial charge on any atom is -0.478 e. The summed E-state index contributed by atoms with van der Waals surface area (Å²) in [6, 6.07) is 12.9. The molecule has 0 aliphatic carbocycles. The molecule has 0 aliphatic heterocycles. The Morgan fingerprint density at radius 1 is 0.938 bits per heavy atom. The fourth-order valence-electron chi connectivity index (χ4n) is 2.88. The van der Waals surface area contributed by atoms with Crippen LogP contribution in [0.1, 0.15) is 51.3 Å². The van der Waals surface area contributed by atoms with Crippen molar-refractivity contribution in [1.29, 1.82) is 0 Å². The van der Waals surface area contributed by atoms with E-state index in [1.165, 1.54) is 19.9 Å². The third kappa shape index (κ3) is 6.21. The Kier molecular flexibility index (Phi) is 8.21. The predicted octanol–water partition coefficient (Wildman–Crippen LogP) is 5.20. The fourth-order valence-corrected chi connectivity index (χ4v) is 2.88. The molecule has 0 heterocycles. The molecule has 0 unspecified atom stereocenters. The summed E-state index contributed by atoms with van der Waals surface area (Å²) in [4.78, 5) is 32.5. The van der Waals surface area contributed by atoms with Crippen LogP contribution in [0.5, 0.6) is 11.5 Å². The van der Waals surface area contributed by atoms with Crippen molar-refractivity contribution >= 4 is 18.0 Å². The van der Waals surface area contributed by atoms with Gasteiger partial charge in [-0.2, -0.15) is 4.89 Å². The van der Waals surface area contributed by atoms with Gasteiger partial charge in [-0.05, 0) is 62.2 Å². The Labute approximate surface area is 187 Å². The van der Waals surface area contributed by atoms with Crippen molar-refractivity contribution in [3.05, 3.63) is 76.6 Å². The topological polar surface area (TPSA) is 102 Å². The van der Waals surface area contributed by atoms with Gasteiger partial charge in [0.05, 0.1) is 12.2 Å². The highest BCUT2D eigenvalue weighted by Gasteiger charge is 2.24. The summed E-state index contributed by atoms with van der Waals surface area (Å²) in [5, 5.41) is 18.3. The zero-order valence-corrected chi connectivity index (χ0v) is 18.8. The number of carboxylic acid groups (broad SMARTS) is 2. The lowest BCUT2D eigenvalue weighted by Crippen LogP contribution is -2.19. The van der Waals surface area contributed by atoms with Gasteiger partial charge < -0.3 is 19.8 Å². The zero-order chi connectivity index (χ0) is 23.9. The monoisotopic (exact) mass is 440 g/mol. The van der Waals surface area contributed by atoms with E-state index in [9.17, 15) is 14.7 Å². The van der Waals surface area contributed by atoms with Crippen LogP contribution in [0.4, 0.5) is 0 Å². The molecular formula is C25H28O7. The van der Waals surface area contributed by atoms with Crippen LogP contribution in [0, 0.1) is 0 Å². The van der Waals surface area contributed by atoms with E-state index >= 15 is 0 Å². The molecule has 0 saturated carbocycles. The van der Waals surface area contributed by atoms with Crippen LogP contribution in [0.3, 0.4) is 0 Å². The van der Waals surface area contributed by atoms with Crippen LogP contribution in [0.2, 0.25) is 0 Å². The summed E-state index contributed by atoms with van der Waals surface area (Å²) in [5.41, 5.74) is 2.19. The van der Waals surface area contributed by atoms with Gasteiger partial charge in [-0.15, -0.1) is 0 Å². The molecule has 0 aromatic heterocycles. The number of hydrogen-bond acceptors (Lipinski definition) is 5. The van der Waals surface area contributed by atoms with Gasteiger partial charge in [-0.25, -0.2) is 9.59 Å². The van der Waals surface area contributed by atoms with Crippen molar-refractivity contribution in [1.82, 2.24) is 0 Å². The lowest BCUT2D eigenvalue weighted by molar-refractivity contribution is -0.202. The number of carboxylic acids is 2. The summed E-state index contributed by atoms with van der Waals surface area (Å²) in [7, 11) is 0. The molecule has 170 valence electrons. The van der Waals surface area contributed by atoms with E-state index in [0.717, 1.165) is 17.4 Å². The van der Waals surface area contributed by atoms with Gasteiger partial charge in [-0.3, -0.25) is 0 Å². The van der Waals surface area contributed by atoms with Gasteiger partial charge in [0.15, 0.2) is 5.75 Å². The first kappa shape index (κ1) is 24.7. The molecule has 32 heavy (non-hydrogen) atoms. The second-order valence-electron chi connectivity index (χ2n) is 7.75. The second kappa shape index (κ2) is 10.6. The first-order valence-electron chi connectivity index (χ1n) is 10.1. The van der Waals surface area contributed by atoms with E-state index in [1.54, 1.807) is 6.07 Å². The van der Waals surface area contributed by atoms with Crippen LogP contribution >= 0.6 is 0 Å². The summed E-state index contributed by atoms with van der Waals surface area (Å²) < 4.78 is 5.56. The molecule has 7 nitrogen and oxygen atoms in total. The van der Waals surface area contributed by atoms with Crippen molar-refractivity contribution in [2.75, 3.05) is 6.61 Å². The average Bonchev–Trinajstić information content (AvgIpc) is 2.76.